The highest BCUT2D eigenvalue weighted by molar-refractivity contribution is 9.10. The number of rotatable bonds is 10. The molecule has 3 aromatic carbocycles. The quantitative estimate of drug-likeness (QED) is 0.279. The second-order valence-electron chi connectivity index (χ2n) is 10.6. The van der Waals surface area contributed by atoms with E-state index < -0.39 is 34.1 Å². The monoisotopic (exact) mass is 647 g/mol. The third-order valence-electron chi connectivity index (χ3n) is 6.13. The number of nitrogens with one attached hydrogen (secondary N) is 1. The van der Waals surface area contributed by atoms with E-state index in [9.17, 15) is 18.0 Å². The number of nitrogens with zero attached hydrogens (tertiary/aromatic N) is 2. The first-order valence-corrected chi connectivity index (χ1v) is 15.5. The molecule has 7 nitrogen and oxygen atoms in total. The standard InChI is InChI=1S/C30H35BrClN3O4S/c1-6-27(29(37)33-30(3,4)5)34(19-22-12-14-24(32)15-13-22)28(36)20-35(25-9-7-8-23(31)18-25)40(38,39)26-16-10-21(2)11-17-26/h7-18,27H,6,19-20H2,1-5H3,(H,33,37). The highest BCUT2D eigenvalue weighted by Crippen LogP contribution is 2.27. The van der Waals surface area contributed by atoms with Crippen molar-refractivity contribution in [3.8, 4) is 0 Å². The molecule has 10 heteroatoms. The minimum absolute atomic E-state index is 0.0626. The van der Waals surface area contributed by atoms with Crippen LogP contribution in [0.4, 0.5) is 5.69 Å². The van der Waals surface area contributed by atoms with E-state index in [1.165, 1.54) is 17.0 Å². The van der Waals surface area contributed by atoms with Gasteiger partial charge in [0.05, 0.1) is 10.6 Å². The Morgan fingerprint density at radius 2 is 1.62 bits per heavy atom. The fourth-order valence-electron chi connectivity index (χ4n) is 4.16. The lowest BCUT2D eigenvalue weighted by Crippen LogP contribution is -2.55. The van der Waals surface area contributed by atoms with Crippen LogP contribution in [0.2, 0.25) is 5.02 Å². The molecule has 0 aliphatic heterocycles. The van der Waals surface area contributed by atoms with E-state index in [2.05, 4.69) is 21.2 Å². The lowest BCUT2D eigenvalue weighted by Gasteiger charge is -2.34. The van der Waals surface area contributed by atoms with Crippen LogP contribution in [0.15, 0.2) is 82.2 Å². The Bertz CT molecular complexity index is 1440. The molecular weight excluding hydrogens is 614 g/mol. The van der Waals surface area contributed by atoms with Crippen LogP contribution in [0.1, 0.15) is 45.2 Å². The predicted octanol–water partition coefficient (Wildman–Crippen LogP) is 6.33. The van der Waals surface area contributed by atoms with Crippen molar-refractivity contribution in [1.29, 1.82) is 0 Å². The second-order valence-corrected chi connectivity index (χ2v) is 13.8. The molecule has 0 bridgehead atoms. The molecule has 0 aliphatic carbocycles. The number of carbonyl (C=O) groups is 2. The van der Waals surface area contributed by atoms with Crippen molar-refractivity contribution in [3.05, 3.63) is 93.4 Å². The molecule has 40 heavy (non-hydrogen) atoms. The summed E-state index contributed by atoms with van der Waals surface area (Å²) in [5.74, 6) is -0.825. The lowest BCUT2D eigenvalue weighted by molar-refractivity contribution is -0.141. The van der Waals surface area contributed by atoms with Gasteiger partial charge in [-0.25, -0.2) is 8.42 Å². The van der Waals surface area contributed by atoms with Crippen LogP contribution in [-0.4, -0.2) is 43.3 Å². The Kier molecular flexibility index (Phi) is 10.4. The van der Waals surface area contributed by atoms with Crippen molar-refractivity contribution in [2.24, 2.45) is 0 Å². The molecule has 0 heterocycles. The maximum atomic E-state index is 14.1. The molecule has 3 rings (SSSR count). The van der Waals surface area contributed by atoms with E-state index in [1.54, 1.807) is 60.7 Å². The highest BCUT2D eigenvalue weighted by Gasteiger charge is 2.34. The largest absolute Gasteiger partial charge is 0.350 e. The van der Waals surface area contributed by atoms with Gasteiger partial charge in [-0.3, -0.25) is 13.9 Å². The minimum atomic E-state index is -4.13. The Balaban J connectivity index is 2.07. The second kappa shape index (κ2) is 13.2. The normalized spacial score (nSPS) is 12.5. The zero-order valence-electron chi connectivity index (χ0n) is 23.3. The van der Waals surface area contributed by atoms with Gasteiger partial charge >= 0.3 is 0 Å². The number of sulfonamides is 1. The number of hydrogen-bond donors (Lipinski definition) is 1. The summed E-state index contributed by atoms with van der Waals surface area (Å²) >= 11 is 9.48. The van der Waals surface area contributed by atoms with Crippen molar-refractivity contribution in [3.63, 3.8) is 0 Å². The smallest absolute Gasteiger partial charge is 0.264 e. The van der Waals surface area contributed by atoms with E-state index in [1.807, 2.05) is 34.6 Å². The first-order chi connectivity index (χ1) is 18.7. The van der Waals surface area contributed by atoms with Gasteiger partial charge < -0.3 is 10.2 Å². The van der Waals surface area contributed by atoms with Gasteiger partial charge in [0, 0.05) is 21.6 Å². The highest BCUT2D eigenvalue weighted by atomic mass is 79.9. The van der Waals surface area contributed by atoms with E-state index >= 15 is 0 Å². The maximum absolute atomic E-state index is 14.1. The topological polar surface area (TPSA) is 86.8 Å². The predicted molar refractivity (Wildman–Crippen MR) is 164 cm³/mol. The van der Waals surface area contributed by atoms with Crippen LogP contribution in [0, 0.1) is 6.92 Å². The van der Waals surface area contributed by atoms with Crippen LogP contribution in [-0.2, 0) is 26.2 Å². The third-order valence-corrected chi connectivity index (χ3v) is 8.67. The van der Waals surface area contributed by atoms with Gasteiger partial charge in [0.1, 0.15) is 12.6 Å². The molecule has 1 N–H and O–H groups in total. The number of halogens is 2. The van der Waals surface area contributed by atoms with Gasteiger partial charge in [0.2, 0.25) is 11.8 Å². The summed E-state index contributed by atoms with van der Waals surface area (Å²) in [4.78, 5) is 29.0. The van der Waals surface area contributed by atoms with Crippen LogP contribution in [0.3, 0.4) is 0 Å². The Labute approximate surface area is 250 Å². The van der Waals surface area contributed by atoms with Crippen molar-refractivity contribution < 1.29 is 18.0 Å². The number of benzene rings is 3. The van der Waals surface area contributed by atoms with Gasteiger partial charge in [-0.05, 0) is 82.1 Å². The third kappa shape index (κ3) is 8.32. The molecule has 0 saturated heterocycles. The summed E-state index contributed by atoms with van der Waals surface area (Å²) in [6.45, 7) is 8.89. The zero-order chi connectivity index (χ0) is 29.7. The minimum Gasteiger partial charge on any atom is -0.350 e. The molecule has 214 valence electrons. The summed E-state index contributed by atoms with van der Waals surface area (Å²) in [6, 6.07) is 19.4. The summed E-state index contributed by atoms with van der Waals surface area (Å²) in [6.07, 6.45) is 0.336. The zero-order valence-corrected chi connectivity index (χ0v) is 26.5. The molecule has 0 aliphatic rings. The number of anilines is 1. The molecule has 0 aromatic heterocycles. The van der Waals surface area contributed by atoms with Gasteiger partial charge in [-0.2, -0.15) is 0 Å². The first-order valence-electron chi connectivity index (χ1n) is 12.9. The fourth-order valence-corrected chi connectivity index (χ4v) is 6.08. The van der Waals surface area contributed by atoms with Crippen LogP contribution < -0.4 is 9.62 Å². The average molecular weight is 649 g/mol. The van der Waals surface area contributed by atoms with E-state index in [-0.39, 0.29) is 17.3 Å². The Morgan fingerprint density at radius 1 is 1.00 bits per heavy atom. The average Bonchev–Trinajstić information content (AvgIpc) is 2.87. The number of hydrogen-bond acceptors (Lipinski definition) is 4. The van der Waals surface area contributed by atoms with Crippen molar-refractivity contribution in [1.82, 2.24) is 10.2 Å². The Morgan fingerprint density at radius 3 is 2.17 bits per heavy atom. The molecule has 1 atom stereocenters. The van der Waals surface area contributed by atoms with Gasteiger partial charge in [-0.15, -0.1) is 0 Å². The Hall–Kier alpha value is -2.88. The summed E-state index contributed by atoms with van der Waals surface area (Å²) in [5, 5.41) is 3.51. The molecule has 0 fully saturated rings. The van der Waals surface area contributed by atoms with Crippen LogP contribution in [0.25, 0.3) is 0 Å². The molecular formula is C30H35BrClN3O4S. The maximum Gasteiger partial charge on any atom is 0.264 e. The number of carbonyl (C=O) groups excluding carboxylic acids is 2. The molecule has 1 unspecified atom stereocenters. The summed E-state index contributed by atoms with van der Waals surface area (Å²) in [5.41, 5.74) is 1.47. The van der Waals surface area contributed by atoms with Gasteiger partial charge in [0.15, 0.2) is 0 Å². The molecule has 0 spiro atoms. The van der Waals surface area contributed by atoms with Crippen molar-refractivity contribution >= 4 is 55.1 Å². The molecule has 0 radical (unpaired) electrons. The fraction of sp³-hybridized carbons (Fsp3) is 0.333. The van der Waals surface area contributed by atoms with Gasteiger partial charge in [0.25, 0.3) is 10.0 Å². The SMILES string of the molecule is CCC(C(=O)NC(C)(C)C)N(Cc1ccc(Cl)cc1)C(=O)CN(c1cccc(Br)c1)S(=O)(=O)c1ccc(C)cc1. The van der Waals surface area contributed by atoms with Crippen molar-refractivity contribution in [2.45, 2.75) is 64.1 Å². The van der Waals surface area contributed by atoms with Crippen LogP contribution in [0.5, 0.6) is 0 Å². The van der Waals surface area contributed by atoms with E-state index in [0.29, 0.717) is 21.6 Å². The number of amides is 2. The summed E-state index contributed by atoms with van der Waals surface area (Å²) in [7, 11) is -4.13. The van der Waals surface area contributed by atoms with E-state index in [4.69, 9.17) is 11.6 Å². The molecule has 3 aromatic rings. The van der Waals surface area contributed by atoms with Crippen LogP contribution >= 0.6 is 27.5 Å². The first kappa shape index (κ1) is 31.6. The summed E-state index contributed by atoms with van der Waals surface area (Å²) < 4.78 is 29.6. The molecule has 0 saturated carbocycles. The lowest BCUT2D eigenvalue weighted by atomic mass is 10.1. The number of aryl methyl sites for hydroxylation is 1. The van der Waals surface area contributed by atoms with Crippen molar-refractivity contribution in [2.75, 3.05) is 10.8 Å². The van der Waals surface area contributed by atoms with E-state index in [0.717, 1.165) is 15.4 Å². The molecule has 2 amide bonds. The van der Waals surface area contributed by atoms with Gasteiger partial charge in [-0.1, -0.05) is 70.3 Å².